The molecule has 2 unspecified atom stereocenters. The van der Waals surface area contributed by atoms with E-state index in [9.17, 15) is 14.4 Å². The lowest BCUT2D eigenvalue weighted by molar-refractivity contribution is -0.151. The van der Waals surface area contributed by atoms with Crippen molar-refractivity contribution in [3.05, 3.63) is 35.9 Å². The van der Waals surface area contributed by atoms with Gasteiger partial charge in [-0.3, -0.25) is 14.4 Å². The minimum absolute atomic E-state index is 0.00777. The van der Waals surface area contributed by atoms with Crippen LogP contribution >= 0.6 is 0 Å². The van der Waals surface area contributed by atoms with Gasteiger partial charge in [0.25, 0.3) is 0 Å². The van der Waals surface area contributed by atoms with Crippen LogP contribution in [0, 0.1) is 11.8 Å². The van der Waals surface area contributed by atoms with Gasteiger partial charge in [0.1, 0.15) is 0 Å². The number of carbonyl (C=O) groups is 3. The molecule has 2 rings (SSSR count). The van der Waals surface area contributed by atoms with E-state index in [1.807, 2.05) is 56.0 Å². The van der Waals surface area contributed by atoms with Gasteiger partial charge in [0.05, 0.1) is 18.6 Å². The Morgan fingerprint density at radius 3 is 2.50 bits per heavy atom. The second-order valence-electron chi connectivity index (χ2n) is 8.45. The van der Waals surface area contributed by atoms with Gasteiger partial charge in [-0.2, -0.15) is 0 Å². The third-order valence-corrected chi connectivity index (χ3v) is 5.61. The Kier molecular flexibility index (Phi) is 9.34. The van der Waals surface area contributed by atoms with Crippen LogP contribution in [-0.4, -0.2) is 53.8 Å². The first-order valence-corrected chi connectivity index (χ1v) is 11.1. The highest BCUT2D eigenvalue weighted by Crippen LogP contribution is 2.23. The van der Waals surface area contributed by atoms with Crippen molar-refractivity contribution in [2.75, 3.05) is 26.2 Å². The highest BCUT2D eigenvalue weighted by atomic mass is 16.5. The van der Waals surface area contributed by atoms with Crippen molar-refractivity contribution in [3.8, 4) is 0 Å². The Hall–Kier alpha value is -2.37. The van der Waals surface area contributed by atoms with Gasteiger partial charge in [0, 0.05) is 32.5 Å². The topological polar surface area (TPSA) is 66.9 Å². The van der Waals surface area contributed by atoms with Crippen molar-refractivity contribution in [1.29, 1.82) is 0 Å². The van der Waals surface area contributed by atoms with E-state index in [1.54, 1.807) is 11.8 Å². The lowest BCUT2D eigenvalue weighted by Gasteiger charge is -2.34. The van der Waals surface area contributed by atoms with Crippen LogP contribution in [0.5, 0.6) is 0 Å². The van der Waals surface area contributed by atoms with Gasteiger partial charge in [-0.1, -0.05) is 44.2 Å². The summed E-state index contributed by atoms with van der Waals surface area (Å²) < 4.78 is 5.13. The number of hydrogen-bond acceptors (Lipinski definition) is 4. The number of ether oxygens (including phenoxy) is 1. The first-order chi connectivity index (χ1) is 14.3. The summed E-state index contributed by atoms with van der Waals surface area (Å²) in [7, 11) is 0. The van der Waals surface area contributed by atoms with Crippen LogP contribution in [0.25, 0.3) is 0 Å². The summed E-state index contributed by atoms with van der Waals surface area (Å²) in [6, 6.07) is 9.80. The van der Waals surface area contributed by atoms with Gasteiger partial charge in [-0.25, -0.2) is 0 Å². The number of likely N-dealkylation sites (tertiary alicyclic amines) is 1. The summed E-state index contributed by atoms with van der Waals surface area (Å²) >= 11 is 0. The number of amides is 2. The van der Waals surface area contributed by atoms with Crippen LogP contribution in [0.1, 0.15) is 65.0 Å². The molecule has 6 heteroatoms. The van der Waals surface area contributed by atoms with Crippen LogP contribution < -0.4 is 0 Å². The molecule has 1 fully saturated rings. The number of rotatable bonds is 9. The zero-order valence-corrected chi connectivity index (χ0v) is 18.8. The van der Waals surface area contributed by atoms with E-state index in [2.05, 4.69) is 0 Å². The maximum Gasteiger partial charge on any atom is 0.310 e. The van der Waals surface area contributed by atoms with Crippen LogP contribution in [0.2, 0.25) is 0 Å². The van der Waals surface area contributed by atoms with Gasteiger partial charge in [-0.05, 0) is 38.2 Å². The van der Waals surface area contributed by atoms with Crippen molar-refractivity contribution in [2.45, 2.75) is 59.4 Å². The summed E-state index contributed by atoms with van der Waals surface area (Å²) in [6.45, 7) is 9.65. The number of esters is 1. The summed E-state index contributed by atoms with van der Waals surface area (Å²) in [5, 5.41) is 0. The molecule has 30 heavy (non-hydrogen) atoms. The molecule has 2 atom stereocenters. The van der Waals surface area contributed by atoms with Gasteiger partial charge >= 0.3 is 5.97 Å². The van der Waals surface area contributed by atoms with Crippen molar-refractivity contribution in [2.24, 2.45) is 11.8 Å². The third kappa shape index (κ3) is 6.85. The standard InChI is InChI=1S/C24H36N2O4/c1-5-30-24(29)21-12-9-14-25(17-21)22(27)13-15-26(23(28)16-18(2)3)19(4)20-10-7-6-8-11-20/h6-8,10-11,18-19,21H,5,9,12-17H2,1-4H3. The molecule has 0 radical (unpaired) electrons. The van der Waals surface area contributed by atoms with E-state index in [4.69, 9.17) is 4.74 Å². The van der Waals surface area contributed by atoms with Crippen LogP contribution in [0.15, 0.2) is 30.3 Å². The molecule has 0 aliphatic carbocycles. The van der Waals surface area contributed by atoms with E-state index in [1.165, 1.54) is 0 Å². The Morgan fingerprint density at radius 1 is 1.17 bits per heavy atom. The molecular weight excluding hydrogens is 380 g/mol. The molecule has 0 aromatic heterocycles. The van der Waals surface area contributed by atoms with Crippen molar-refractivity contribution < 1.29 is 19.1 Å². The minimum Gasteiger partial charge on any atom is -0.466 e. The molecule has 0 saturated carbocycles. The molecule has 1 aromatic carbocycles. The fraction of sp³-hybridized carbons (Fsp3) is 0.625. The molecular formula is C24H36N2O4. The van der Waals surface area contributed by atoms with Gasteiger partial charge < -0.3 is 14.5 Å². The van der Waals surface area contributed by atoms with Crippen molar-refractivity contribution >= 4 is 17.8 Å². The first kappa shape index (κ1) is 23.9. The maximum atomic E-state index is 12.9. The van der Waals surface area contributed by atoms with Crippen LogP contribution in [0.3, 0.4) is 0 Å². The number of benzene rings is 1. The van der Waals surface area contributed by atoms with Crippen molar-refractivity contribution in [3.63, 3.8) is 0 Å². The average molecular weight is 417 g/mol. The number of piperidine rings is 1. The zero-order valence-electron chi connectivity index (χ0n) is 18.8. The second-order valence-corrected chi connectivity index (χ2v) is 8.45. The molecule has 6 nitrogen and oxygen atoms in total. The van der Waals surface area contributed by atoms with E-state index in [-0.39, 0.29) is 42.1 Å². The fourth-order valence-electron chi connectivity index (χ4n) is 3.94. The molecule has 0 spiro atoms. The monoisotopic (exact) mass is 416 g/mol. The molecule has 1 aromatic rings. The first-order valence-electron chi connectivity index (χ1n) is 11.1. The largest absolute Gasteiger partial charge is 0.466 e. The highest BCUT2D eigenvalue weighted by molar-refractivity contribution is 5.80. The van der Waals surface area contributed by atoms with Gasteiger partial charge in [0.15, 0.2) is 0 Å². The third-order valence-electron chi connectivity index (χ3n) is 5.61. The summed E-state index contributed by atoms with van der Waals surface area (Å²) in [5.41, 5.74) is 1.06. The number of carbonyl (C=O) groups excluding carboxylic acids is 3. The smallest absolute Gasteiger partial charge is 0.310 e. The van der Waals surface area contributed by atoms with Gasteiger partial charge in [0.2, 0.25) is 11.8 Å². The molecule has 0 N–H and O–H groups in total. The quantitative estimate of drug-likeness (QED) is 0.574. The Labute approximate surface area is 180 Å². The SMILES string of the molecule is CCOC(=O)C1CCCN(C(=O)CCN(C(=O)CC(C)C)C(C)c2ccccc2)C1. The summed E-state index contributed by atoms with van der Waals surface area (Å²) in [5.74, 6) is -0.152. The van der Waals surface area contributed by atoms with Gasteiger partial charge in [-0.15, -0.1) is 0 Å². The molecule has 2 amide bonds. The molecule has 1 heterocycles. The van der Waals surface area contributed by atoms with Crippen LogP contribution in [-0.2, 0) is 19.1 Å². The Morgan fingerprint density at radius 2 is 1.87 bits per heavy atom. The van der Waals surface area contributed by atoms with Crippen molar-refractivity contribution in [1.82, 2.24) is 9.80 Å². The average Bonchev–Trinajstić information content (AvgIpc) is 2.74. The molecule has 1 aliphatic rings. The lowest BCUT2D eigenvalue weighted by atomic mass is 9.98. The van der Waals surface area contributed by atoms with E-state index in [0.29, 0.717) is 32.7 Å². The predicted octanol–water partition coefficient (Wildman–Crippen LogP) is 3.81. The Balaban J connectivity index is 2.02. The minimum atomic E-state index is -0.246. The fourth-order valence-corrected chi connectivity index (χ4v) is 3.94. The highest BCUT2D eigenvalue weighted by Gasteiger charge is 2.30. The maximum absolute atomic E-state index is 12.9. The zero-order chi connectivity index (χ0) is 22.1. The number of hydrogen-bond donors (Lipinski definition) is 0. The normalized spacial score (nSPS) is 17.5. The Bertz CT molecular complexity index is 704. The van der Waals surface area contributed by atoms with E-state index < -0.39 is 0 Å². The number of nitrogens with zero attached hydrogens (tertiary/aromatic N) is 2. The molecule has 166 valence electrons. The second kappa shape index (κ2) is 11.7. The van der Waals surface area contributed by atoms with E-state index in [0.717, 1.165) is 18.4 Å². The van der Waals surface area contributed by atoms with Crippen LogP contribution in [0.4, 0.5) is 0 Å². The van der Waals surface area contributed by atoms with E-state index >= 15 is 0 Å². The molecule has 0 bridgehead atoms. The molecule has 1 saturated heterocycles. The molecule has 1 aliphatic heterocycles. The summed E-state index contributed by atoms with van der Waals surface area (Å²) in [6.07, 6.45) is 2.27. The summed E-state index contributed by atoms with van der Waals surface area (Å²) in [4.78, 5) is 41.4. The lowest BCUT2D eigenvalue weighted by Crippen LogP contribution is -2.44. The predicted molar refractivity (Wildman–Crippen MR) is 117 cm³/mol.